The molecule has 1 aromatic rings. The maximum Gasteiger partial charge on any atom is 0.338 e. The number of carbonyl (C=O) groups is 4. The summed E-state index contributed by atoms with van der Waals surface area (Å²) in [6, 6.07) is 5.81. The number of benzene rings is 1. The molecule has 2 aliphatic carbocycles. The first-order valence-electron chi connectivity index (χ1n) is 12.6. The summed E-state index contributed by atoms with van der Waals surface area (Å²) in [5.74, 6) is -2.04. The van der Waals surface area contributed by atoms with E-state index in [1.807, 2.05) is 0 Å². The molecule has 0 spiro atoms. The lowest BCUT2D eigenvalue weighted by molar-refractivity contribution is -0.151. The third-order valence-electron chi connectivity index (χ3n) is 7.15. The van der Waals surface area contributed by atoms with Gasteiger partial charge in [-0.15, -0.1) is 0 Å². The Bertz CT molecular complexity index is 910. The lowest BCUT2D eigenvalue weighted by Crippen LogP contribution is -2.25. The third kappa shape index (κ3) is 6.22. The molecule has 5 rings (SSSR count). The van der Waals surface area contributed by atoms with E-state index in [9.17, 15) is 19.2 Å². The maximum absolute atomic E-state index is 12.2. The van der Waals surface area contributed by atoms with Crippen molar-refractivity contribution in [2.45, 2.75) is 62.9 Å². The molecule has 6 unspecified atom stereocenters. The first kappa shape index (κ1) is 24.7. The van der Waals surface area contributed by atoms with Crippen molar-refractivity contribution in [3.8, 4) is 0 Å². The van der Waals surface area contributed by atoms with Crippen LogP contribution in [0, 0.1) is 11.8 Å². The van der Waals surface area contributed by atoms with Crippen molar-refractivity contribution in [1.82, 2.24) is 0 Å². The minimum absolute atomic E-state index is 0.0133. The minimum Gasteiger partial charge on any atom is -0.462 e. The van der Waals surface area contributed by atoms with E-state index in [0.29, 0.717) is 25.0 Å². The second-order valence-electron chi connectivity index (χ2n) is 9.63. The molecule has 2 aliphatic heterocycles. The fourth-order valence-corrected chi connectivity index (χ4v) is 4.93. The molecule has 0 bridgehead atoms. The Morgan fingerprint density at radius 1 is 0.583 bits per heavy atom. The average molecular weight is 503 g/mol. The van der Waals surface area contributed by atoms with E-state index in [1.54, 1.807) is 0 Å². The van der Waals surface area contributed by atoms with Gasteiger partial charge in [0.1, 0.15) is 26.4 Å². The highest BCUT2D eigenvalue weighted by molar-refractivity contribution is 5.93. The molecule has 0 amide bonds. The van der Waals surface area contributed by atoms with Crippen LogP contribution in [0.3, 0.4) is 0 Å². The van der Waals surface area contributed by atoms with Gasteiger partial charge in [0.15, 0.2) is 0 Å². The number of esters is 4. The van der Waals surface area contributed by atoms with Gasteiger partial charge in [0.25, 0.3) is 0 Å². The van der Waals surface area contributed by atoms with Crippen LogP contribution in [-0.2, 0) is 38.0 Å². The molecule has 1 aromatic carbocycles. The van der Waals surface area contributed by atoms with Gasteiger partial charge in [0.05, 0.1) is 47.4 Å². The van der Waals surface area contributed by atoms with Crippen LogP contribution in [0.1, 0.15) is 59.2 Å². The van der Waals surface area contributed by atoms with Crippen molar-refractivity contribution in [3.63, 3.8) is 0 Å². The molecular formula is C26H30O10. The Labute approximate surface area is 208 Å². The van der Waals surface area contributed by atoms with Crippen molar-refractivity contribution >= 4 is 23.9 Å². The normalized spacial score (nSPS) is 29.7. The van der Waals surface area contributed by atoms with E-state index < -0.39 is 11.9 Å². The van der Waals surface area contributed by atoms with E-state index >= 15 is 0 Å². The standard InChI is InChI=1S/C26H30O10/c27-23(31-9-11-33-25(29)17-5-7-19-21(13-17)35-19)15-1-2-16(4-3-15)24(28)32-10-12-34-26(30)18-6-8-20-22(14-18)36-20/h1-4,17-22H,5-14H2. The molecule has 2 saturated carbocycles. The molecule has 0 radical (unpaired) electrons. The zero-order chi connectivity index (χ0) is 25.1. The Morgan fingerprint density at radius 2 is 0.972 bits per heavy atom. The van der Waals surface area contributed by atoms with Crippen molar-refractivity contribution < 1.29 is 47.6 Å². The lowest BCUT2D eigenvalue weighted by Gasteiger charge is -2.17. The smallest absolute Gasteiger partial charge is 0.338 e. The Morgan fingerprint density at radius 3 is 1.36 bits per heavy atom. The van der Waals surface area contributed by atoms with E-state index in [2.05, 4.69) is 0 Å². The topological polar surface area (TPSA) is 130 Å². The highest BCUT2D eigenvalue weighted by Gasteiger charge is 2.47. The number of hydrogen-bond donors (Lipinski definition) is 0. The monoisotopic (exact) mass is 502 g/mol. The van der Waals surface area contributed by atoms with E-state index in [-0.39, 0.29) is 73.5 Å². The Hall–Kier alpha value is -2.98. The second kappa shape index (κ2) is 11.0. The Balaban J connectivity index is 0.951. The van der Waals surface area contributed by atoms with Crippen LogP contribution in [0.5, 0.6) is 0 Å². The summed E-state index contributed by atoms with van der Waals surface area (Å²) in [5, 5.41) is 0. The Kier molecular flexibility index (Phi) is 7.52. The zero-order valence-electron chi connectivity index (χ0n) is 19.9. The van der Waals surface area contributed by atoms with Crippen LogP contribution >= 0.6 is 0 Å². The molecule has 0 N–H and O–H groups in total. The number of ether oxygens (including phenoxy) is 6. The first-order valence-corrected chi connectivity index (χ1v) is 12.6. The van der Waals surface area contributed by atoms with Crippen LogP contribution in [0.4, 0.5) is 0 Å². The summed E-state index contributed by atoms with van der Waals surface area (Å²) in [7, 11) is 0. The number of hydrogen-bond acceptors (Lipinski definition) is 10. The van der Waals surface area contributed by atoms with Gasteiger partial charge in [-0.1, -0.05) is 0 Å². The summed E-state index contributed by atoms with van der Waals surface area (Å²) in [6.07, 6.45) is 5.70. The highest BCUT2D eigenvalue weighted by Crippen LogP contribution is 2.40. The van der Waals surface area contributed by atoms with Gasteiger partial charge in [0, 0.05) is 0 Å². The van der Waals surface area contributed by atoms with Crippen molar-refractivity contribution in [3.05, 3.63) is 35.4 Å². The van der Waals surface area contributed by atoms with Crippen LogP contribution < -0.4 is 0 Å². The molecule has 6 atom stereocenters. The molecule has 194 valence electrons. The van der Waals surface area contributed by atoms with Gasteiger partial charge in [0.2, 0.25) is 0 Å². The van der Waals surface area contributed by atoms with Gasteiger partial charge in [-0.3, -0.25) is 9.59 Å². The summed E-state index contributed by atoms with van der Waals surface area (Å²) in [5.41, 5.74) is 0.510. The molecule has 10 heteroatoms. The number of epoxide rings is 2. The SMILES string of the molecule is O=C(OCCOC(=O)C1CCC2OC2C1)c1ccc(C(=O)OCCOC(=O)C2CCC3OC3C2)cc1. The molecule has 10 nitrogen and oxygen atoms in total. The van der Waals surface area contributed by atoms with Gasteiger partial charge >= 0.3 is 23.9 Å². The van der Waals surface area contributed by atoms with E-state index in [4.69, 9.17) is 28.4 Å². The molecule has 36 heavy (non-hydrogen) atoms. The summed E-state index contributed by atoms with van der Waals surface area (Å²) >= 11 is 0. The number of carbonyl (C=O) groups excluding carboxylic acids is 4. The predicted octanol–water partition coefficient (Wildman–Crippen LogP) is 2.22. The second-order valence-corrected chi connectivity index (χ2v) is 9.63. The van der Waals surface area contributed by atoms with E-state index in [0.717, 1.165) is 25.7 Å². The fourth-order valence-electron chi connectivity index (χ4n) is 4.93. The number of fused-ring (bicyclic) bond motifs is 2. The average Bonchev–Trinajstić information content (AvgIpc) is 3.82. The summed E-state index contributed by atoms with van der Waals surface area (Å²) in [4.78, 5) is 48.6. The van der Waals surface area contributed by atoms with Crippen molar-refractivity contribution in [1.29, 1.82) is 0 Å². The quantitative estimate of drug-likeness (QED) is 0.203. The molecule has 4 fully saturated rings. The molecule has 2 heterocycles. The predicted molar refractivity (Wildman–Crippen MR) is 121 cm³/mol. The van der Waals surface area contributed by atoms with Crippen LogP contribution in [-0.4, -0.2) is 74.7 Å². The minimum atomic E-state index is -0.588. The molecular weight excluding hydrogens is 472 g/mol. The molecule has 0 aromatic heterocycles. The van der Waals surface area contributed by atoms with Gasteiger partial charge in [-0.05, 0) is 62.8 Å². The summed E-state index contributed by atoms with van der Waals surface area (Å²) in [6.45, 7) is -0.143. The lowest BCUT2D eigenvalue weighted by atomic mass is 9.89. The van der Waals surface area contributed by atoms with Crippen LogP contribution in [0.25, 0.3) is 0 Å². The van der Waals surface area contributed by atoms with Crippen molar-refractivity contribution in [2.24, 2.45) is 11.8 Å². The number of rotatable bonds is 10. The largest absolute Gasteiger partial charge is 0.462 e. The highest BCUT2D eigenvalue weighted by atomic mass is 16.6. The van der Waals surface area contributed by atoms with Gasteiger partial charge in [-0.2, -0.15) is 0 Å². The van der Waals surface area contributed by atoms with Gasteiger partial charge < -0.3 is 28.4 Å². The first-order chi connectivity index (χ1) is 17.5. The molecule has 2 saturated heterocycles. The molecule has 4 aliphatic rings. The van der Waals surface area contributed by atoms with E-state index in [1.165, 1.54) is 24.3 Å². The van der Waals surface area contributed by atoms with Crippen LogP contribution in [0.2, 0.25) is 0 Å². The summed E-state index contributed by atoms with van der Waals surface area (Å²) < 4.78 is 31.6. The van der Waals surface area contributed by atoms with Crippen molar-refractivity contribution in [2.75, 3.05) is 26.4 Å². The fraction of sp³-hybridized carbons (Fsp3) is 0.615. The zero-order valence-corrected chi connectivity index (χ0v) is 19.9. The van der Waals surface area contributed by atoms with Gasteiger partial charge in [-0.25, -0.2) is 9.59 Å². The maximum atomic E-state index is 12.2. The van der Waals surface area contributed by atoms with Crippen LogP contribution in [0.15, 0.2) is 24.3 Å². The third-order valence-corrected chi connectivity index (χ3v) is 7.15.